The van der Waals surface area contributed by atoms with Crippen molar-refractivity contribution >= 4 is 52.6 Å². The van der Waals surface area contributed by atoms with Crippen molar-refractivity contribution in [3.63, 3.8) is 0 Å². The summed E-state index contributed by atoms with van der Waals surface area (Å²) in [6.07, 6.45) is 1.65. The lowest BCUT2D eigenvalue weighted by atomic mass is 10.1. The molecule has 0 fully saturated rings. The van der Waals surface area contributed by atoms with Crippen LogP contribution in [0.1, 0.15) is 37.9 Å². The highest BCUT2D eigenvalue weighted by atomic mass is 32.2. The number of nitrogens with zero attached hydrogens (tertiary/aromatic N) is 1. The number of para-hydroxylation sites is 1. The summed E-state index contributed by atoms with van der Waals surface area (Å²) in [7, 11) is 3.91. The number of hydrogen-bond acceptors (Lipinski definition) is 5. The van der Waals surface area contributed by atoms with Crippen LogP contribution in [-0.2, 0) is 9.59 Å². The lowest BCUT2D eigenvalue weighted by Crippen LogP contribution is -2.30. The second-order valence-corrected chi connectivity index (χ2v) is 12.7. The quantitative estimate of drug-likeness (QED) is 0.0986. The molecule has 0 aromatic heterocycles. The molecule has 0 saturated carbocycles. The van der Waals surface area contributed by atoms with Crippen LogP contribution in [0.25, 0.3) is 6.08 Å². The molecule has 0 saturated heterocycles. The van der Waals surface area contributed by atoms with Gasteiger partial charge in [-0.2, -0.15) is 0 Å². The number of thioether (sulfide) groups is 1. The number of nitrogens with one attached hydrogen (secondary N) is 3. The first-order chi connectivity index (χ1) is 23.2. The molecule has 3 amide bonds. The van der Waals surface area contributed by atoms with Crippen molar-refractivity contribution < 1.29 is 14.4 Å². The van der Waals surface area contributed by atoms with Crippen molar-refractivity contribution in [3.05, 3.63) is 161 Å². The SMILES string of the molecule is Cc1cccc(C)c1NC(=O)C(Sc1cccc(NC(=O)/C(=C\c2ccc(N(C)C)cc2)NC(=O)c2ccccc2)c1)c1ccccc1. The minimum absolute atomic E-state index is 0.0923. The van der Waals surface area contributed by atoms with Crippen LogP contribution in [0.3, 0.4) is 0 Å². The average molecular weight is 655 g/mol. The summed E-state index contributed by atoms with van der Waals surface area (Å²) >= 11 is 1.39. The molecular formula is C40H38N4O3S. The predicted octanol–water partition coefficient (Wildman–Crippen LogP) is 8.25. The maximum absolute atomic E-state index is 13.8. The van der Waals surface area contributed by atoms with Crippen molar-refractivity contribution in [3.8, 4) is 0 Å². The van der Waals surface area contributed by atoms with Crippen LogP contribution < -0.4 is 20.9 Å². The number of hydrogen-bond donors (Lipinski definition) is 3. The zero-order valence-electron chi connectivity index (χ0n) is 27.4. The van der Waals surface area contributed by atoms with Gasteiger partial charge >= 0.3 is 0 Å². The number of rotatable bonds is 11. The van der Waals surface area contributed by atoms with E-state index < -0.39 is 17.1 Å². The fraction of sp³-hybridized carbons (Fsp3) is 0.125. The highest BCUT2D eigenvalue weighted by molar-refractivity contribution is 8.00. The molecule has 0 aliphatic carbocycles. The number of carbonyl (C=O) groups excluding carboxylic acids is 3. The second kappa shape index (κ2) is 15.8. The second-order valence-electron chi connectivity index (χ2n) is 11.5. The Morgan fingerprint density at radius 3 is 1.98 bits per heavy atom. The highest BCUT2D eigenvalue weighted by Crippen LogP contribution is 2.38. The Morgan fingerprint density at radius 1 is 0.708 bits per heavy atom. The number of amides is 3. The van der Waals surface area contributed by atoms with Crippen molar-refractivity contribution in [2.75, 3.05) is 29.6 Å². The minimum atomic E-state index is -0.554. The van der Waals surface area contributed by atoms with Crippen LogP contribution in [0.5, 0.6) is 0 Å². The third-order valence-electron chi connectivity index (χ3n) is 7.66. The Labute approximate surface area is 286 Å². The van der Waals surface area contributed by atoms with Gasteiger partial charge in [0, 0.05) is 41.6 Å². The van der Waals surface area contributed by atoms with Gasteiger partial charge in [0.25, 0.3) is 11.8 Å². The summed E-state index contributed by atoms with van der Waals surface area (Å²) in [6, 6.07) is 39.3. The zero-order chi connectivity index (χ0) is 34.0. The summed E-state index contributed by atoms with van der Waals surface area (Å²) in [5.74, 6) is -1.02. The van der Waals surface area contributed by atoms with E-state index in [4.69, 9.17) is 0 Å². The summed E-state index contributed by atoms with van der Waals surface area (Å²) < 4.78 is 0. The van der Waals surface area contributed by atoms with E-state index in [-0.39, 0.29) is 11.6 Å². The summed E-state index contributed by atoms with van der Waals surface area (Å²) in [6.45, 7) is 3.95. The topological polar surface area (TPSA) is 90.5 Å². The Hall–Kier alpha value is -5.60. The summed E-state index contributed by atoms with van der Waals surface area (Å²) in [5.41, 5.74) is 6.45. The van der Waals surface area contributed by atoms with Crippen LogP contribution in [-0.4, -0.2) is 31.8 Å². The smallest absolute Gasteiger partial charge is 0.272 e. The molecule has 7 nitrogen and oxygen atoms in total. The molecule has 48 heavy (non-hydrogen) atoms. The van der Waals surface area contributed by atoms with Gasteiger partial charge < -0.3 is 20.9 Å². The van der Waals surface area contributed by atoms with E-state index in [1.807, 2.05) is 130 Å². The van der Waals surface area contributed by atoms with Gasteiger partial charge in [-0.25, -0.2) is 0 Å². The summed E-state index contributed by atoms with van der Waals surface area (Å²) in [5, 5.41) is 8.33. The van der Waals surface area contributed by atoms with Gasteiger partial charge in [0.15, 0.2) is 0 Å². The maximum atomic E-state index is 13.8. The monoisotopic (exact) mass is 654 g/mol. The Kier molecular flexibility index (Phi) is 11.1. The number of aryl methyl sites for hydroxylation is 2. The third kappa shape index (κ3) is 8.80. The van der Waals surface area contributed by atoms with E-state index in [9.17, 15) is 14.4 Å². The molecule has 8 heteroatoms. The van der Waals surface area contributed by atoms with Crippen molar-refractivity contribution in [2.45, 2.75) is 24.0 Å². The van der Waals surface area contributed by atoms with Crippen LogP contribution in [0.4, 0.5) is 17.1 Å². The van der Waals surface area contributed by atoms with E-state index in [1.54, 1.807) is 36.4 Å². The van der Waals surface area contributed by atoms with Crippen LogP contribution >= 0.6 is 11.8 Å². The van der Waals surface area contributed by atoms with Crippen LogP contribution in [0.2, 0.25) is 0 Å². The van der Waals surface area contributed by atoms with Crippen LogP contribution in [0, 0.1) is 13.8 Å². The molecular weight excluding hydrogens is 617 g/mol. The first-order valence-electron chi connectivity index (χ1n) is 15.5. The third-order valence-corrected chi connectivity index (χ3v) is 8.91. The van der Waals surface area contributed by atoms with Gasteiger partial charge in [0.2, 0.25) is 5.91 Å². The number of anilines is 3. The van der Waals surface area contributed by atoms with Gasteiger partial charge in [0.05, 0.1) is 0 Å². The molecule has 0 spiro atoms. The Balaban J connectivity index is 1.39. The molecule has 5 aromatic carbocycles. The molecule has 3 N–H and O–H groups in total. The lowest BCUT2D eigenvalue weighted by Gasteiger charge is -2.19. The van der Waals surface area contributed by atoms with Gasteiger partial charge in [-0.05, 0) is 84.6 Å². The molecule has 1 atom stereocenters. The number of carbonyl (C=O) groups is 3. The highest BCUT2D eigenvalue weighted by Gasteiger charge is 2.24. The fourth-order valence-electron chi connectivity index (χ4n) is 5.06. The molecule has 5 rings (SSSR count). The number of benzene rings is 5. The molecule has 0 aliphatic rings. The standard InChI is InChI=1S/C40H38N4O3S/c1-27-13-11-14-28(2)36(27)43-40(47)37(30-15-7-5-8-16-30)48-34-20-12-19-32(26-34)41-39(46)35(42-38(45)31-17-9-6-10-18-31)25-29-21-23-33(24-22-29)44(3)4/h5-26,37H,1-4H3,(H,41,46)(H,42,45)(H,43,47)/b35-25+. The first-order valence-corrected chi connectivity index (χ1v) is 16.4. The largest absolute Gasteiger partial charge is 0.378 e. The van der Waals surface area contributed by atoms with E-state index in [0.29, 0.717) is 11.3 Å². The van der Waals surface area contributed by atoms with Gasteiger partial charge in [-0.1, -0.05) is 84.9 Å². The molecule has 0 aliphatic heterocycles. The van der Waals surface area contributed by atoms with Gasteiger partial charge in [-0.3, -0.25) is 14.4 Å². The molecule has 0 heterocycles. The molecule has 0 bridgehead atoms. The van der Waals surface area contributed by atoms with Gasteiger partial charge in [0.1, 0.15) is 10.9 Å². The van der Waals surface area contributed by atoms with Crippen LogP contribution in [0.15, 0.2) is 138 Å². The zero-order valence-corrected chi connectivity index (χ0v) is 28.2. The molecule has 0 radical (unpaired) electrons. The first kappa shape index (κ1) is 33.8. The normalized spacial score (nSPS) is 11.7. The summed E-state index contributed by atoms with van der Waals surface area (Å²) in [4.78, 5) is 43.4. The Morgan fingerprint density at radius 2 is 1.33 bits per heavy atom. The molecule has 5 aromatic rings. The van der Waals surface area contributed by atoms with Crippen molar-refractivity contribution in [2.24, 2.45) is 0 Å². The van der Waals surface area contributed by atoms with Crippen molar-refractivity contribution in [1.29, 1.82) is 0 Å². The predicted molar refractivity (Wildman–Crippen MR) is 197 cm³/mol. The van der Waals surface area contributed by atoms with Crippen molar-refractivity contribution in [1.82, 2.24) is 5.32 Å². The molecule has 1 unspecified atom stereocenters. The lowest BCUT2D eigenvalue weighted by molar-refractivity contribution is -0.116. The Bertz CT molecular complexity index is 1900. The van der Waals surface area contributed by atoms with E-state index >= 15 is 0 Å². The van der Waals surface area contributed by atoms with E-state index in [1.165, 1.54) is 11.8 Å². The van der Waals surface area contributed by atoms with E-state index in [0.717, 1.165) is 38.5 Å². The van der Waals surface area contributed by atoms with E-state index in [2.05, 4.69) is 16.0 Å². The molecule has 242 valence electrons. The fourth-order valence-corrected chi connectivity index (χ4v) is 6.14. The minimum Gasteiger partial charge on any atom is -0.378 e. The maximum Gasteiger partial charge on any atom is 0.272 e. The average Bonchev–Trinajstić information content (AvgIpc) is 3.09. The van der Waals surface area contributed by atoms with Gasteiger partial charge in [-0.15, -0.1) is 11.8 Å².